The van der Waals surface area contributed by atoms with Gasteiger partial charge in [0.25, 0.3) is 0 Å². The molecule has 0 unspecified atom stereocenters. The van der Waals surface area contributed by atoms with Gasteiger partial charge in [0.15, 0.2) is 9.84 Å². The molecule has 0 heterocycles. The summed E-state index contributed by atoms with van der Waals surface area (Å²) in [5, 5.41) is 2.02. The van der Waals surface area contributed by atoms with E-state index >= 15 is 0 Å². The van der Waals surface area contributed by atoms with Crippen LogP contribution >= 0.6 is 0 Å². The number of nitrogens with one attached hydrogen (secondary N) is 1. The van der Waals surface area contributed by atoms with Gasteiger partial charge in [-0.25, -0.2) is 13.2 Å². The van der Waals surface area contributed by atoms with Gasteiger partial charge in [0.2, 0.25) is 0 Å². The van der Waals surface area contributed by atoms with E-state index in [1.54, 1.807) is 0 Å². The van der Waals surface area contributed by atoms with Crippen LogP contribution in [0.1, 0.15) is 5.56 Å². The van der Waals surface area contributed by atoms with E-state index in [4.69, 9.17) is 6.42 Å². The summed E-state index contributed by atoms with van der Waals surface area (Å²) in [6.07, 6.45) is -0.425. The molecule has 0 saturated carbocycles. The lowest BCUT2D eigenvalue weighted by Crippen LogP contribution is -2.27. The predicted molar refractivity (Wildman–Crippen MR) is 67.4 cm³/mol. The Morgan fingerprint density at radius 3 is 2.52 bits per heavy atom. The normalized spacial score (nSPS) is 11.6. The number of rotatable bonds is 3. The summed E-state index contributed by atoms with van der Waals surface area (Å²) in [5.74, 6) is 1.23. The smallest absolute Gasteiger partial charge is 0.410 e. The van der Waals surface area contributed by atoms with E-state index in [0.717, 1.165) is 18.4 Å². The Bertz CT molecular complexity index is 689. The summed E-state index contributed by atoms with van der Waals surface area (Å²) in [5.41, 5.74) is -1.37. The van der Waals surface area contributed by atoms with Crippen LogP contribution < -0.4 is 10.1 Å². The SMILES string of the molecule is C#CCNC(=O)Oc1ccc(S(C)(=O)=O)cc1C(F)(F)F. The lowest BCUT2D eigenvalue weighted by molar-refractivity contribution is -0.138. The zero-order chi connectivity index (χ0) is 16.3. The minimum absolute atomic E-state index is 0.221. The summed E-state index contributed by atoms with van der Waals surface area (Å²) in [6, 6.07) is 2.07. The Labute approximate surface area is 119 Å². The van der Waals surface area contributed by atoms with Crippen LogP contribution in [0.2, 0.25) is 0 Å². The molecule has 9 heteroatoms. The Morgan fingerprint density at radius 1 is 1.43 bits per heavy atom. The van der Waals surface area contributed by atoms with Gasteiger partial charge in [-0.1, -0.05) is 5.92 Å². The molecule has 1 aromatic rings. The van der Waals surface area contributed by atoms with Crippen molar-refractivity contribution in [1.29, 1.82) is 0 Å². The predicted octanol–water partition coefficient (Wildman–Crippen LogP) is 1.83. The van der Waals surface area contributed by atoms with Crippen LogP contribution in [0.5, 0.6) is 5.75 Å². The molecule has 1 N–H and O–H groups in total. The van der Waals surface area contributed by atoms with Crippen molar-refractivity contribution in [2.45, 2.75) is 11.1 Å². The van der Waals surface area contributed by atoms with Crippen LogP contribution in [-0.4, -0.2) is 27.3 Å². The van der Waals surface area contributed by atoms with Crippen molar-refractivity contribution in [2.24, 2.45) is 0 Å². The third kappa shape index (κ3) is 4.68. The van der Waals surface area contributed by atoms with Gasteiger partial charge in [0.1, 0.15) is 5.75 Å². The van der Waals surface area contributed by atoms with Crippen molar-refractivity contribution in [3.63, 3.8) is 0 Å². The van der Waals surface area contributed by atoms with Gasteiger partial charge < -0.3 is 10.1 Å². The van der Waals surface area contributed by atoms with Crippen LogP contribution in [0, 0.1) is 12.3 Å². The third-order valence-corrected chi connectivity index (χ3v) is 3.33. The molecule has 0 radical (unpaired) electrons. The Morgan fingerprint density at radius 2 is 2.05 bits per heavy atom. The number of benzene rings is 1. The largest absolute Gasteiger partial charge is 0.420 e. The number of hydrogen-bond acceptors (Lipinski definition) is 4. The van der Waals surface area contributed by atoms with E-state index in [1.807, 2.05) is 11.2 Å². The zero-order valence-electron chi connectivity index (χ0n) is 10.7. The highest BCUT2D eigenvalue weighted by atomic mass is 32.2. The number of amides is 1. The van der Waals surface area contributed by atoms with E-state index in [2.05, 4.69) is 4.74 Å². The van der Waals surface area contributed by atoms with Crippen LogP contribution in [0.3, 0.4) is 0 Å². The first-order valence-corrected chi connectivity index (χ1v) is 7.25. The van der Waals surface area contributed by atoms with Gasteiger partial charge in [-0.2, -0.15) is 13.2 Å². The molecule has 0 aliphatic heterocycles. The van der Waals surface area contributed by atoms with Gasteiger partial charge in [-0.15, -0.1) is 6.42 Å². The first-order chi connectivity index (χ1) is 9.55. The van der Waals surface area contributed by atoms with E-state index in [-0.39, 0.29) is 6.54 Å². The molecule has 1 rings (SSSR count). The Balaban J connectivity index is 3.22. The minimum atomic E-state index is -4.89. The summed E-state index contributed by atoms with van der Waals surface area (Å²) in [4.78, 5) is 10.7. The third-order valence-electron chi connectivity index (χ3n) is 2.22. The van der Waals surface area contributed by atoms with Gasteiger partial charge >= 0.3 is 12.3 Å². The number of carbonyl (C=O) groups is 1. The van der Waals surface area contributed by atoms with Gasteiger partial charge in [-0.05, 0) is 18.2 Å². The maximum Gasteiger partial charge on any atom is 0.420 e. The molecule has 0 spiro atoms. The van der Waals surface area contributed by atoms with Crippen molar-refractivity contribution < 1.29 is 31.1 Å². The average molecular weight is 321 g/mol. The van der Waals surface area contributed by atoms with E-state index in [0.29, 0.717) is 6.07 Å². The Hall–Kier alpha value is -2.21. The fourth-order valence-corrected chi connectivity index (χ4v) is 1.96. The van der Waals surface area contributed by atoms with Crippen molar-refractivity contribution in [2.75, 3.05) is 12.8 Å². The Kier molecular flexibility index (Phi) is 4.85. The molecule has 0 atom stereocenters. The summed E-state index contributed by atoms with van der Waals surface area (Å²) in [6.45, 7) is -0.221. The molecule has 0 aliphatic carbocycles. The monoisotopic (exact) mass is 321 g/mol. The summed E-state index contributed by atoms with van der Waals surface area (Å²) >= 11 is 0. The van der Waals surface area contributed by atoms with E-state index in [1.165, 1.54) is 0 Å². The standard InChI is InChI=1S/C12H10F3NO4S/c1-3-6-16-11(17)20-10-5-4-8(21(2,18)19)7-9(10)12(13,14)15/h1,4-5,7H,6H2,2H3,(H,16,17). The number of hydrogen-bond donors (Lipinski definition) is 1. The highest BCUT2D eigenvalue weighted by molar-refractivity contribution is 7.90. The molecule has 114 valence electrons. The van der Waals surface area contributed by atoms with Crippen molar-refractivity contribution in [1.82, 2.24) is 5.32 Å². The van der Waals surface area contributed by atoms with Crippen LogP contribution in [0.25, 0.3) is 0 Å². The van der Waals surface area contributed by atoms with E-state index in [9.17, 15) is 26.4 Å². The van der Waals surface area contributed by atoms with Crippen molar-refractivity contribution >= 4 is 15.9 Å². The molecule has 0 bridgehead atoms. The minimum Gasteiger partial charge on any atom is -0.410 e. The van der Waals surface area contributed by atoms with Crippen LogP contribution in [0.15, 0.2) is 23.1 Å². The molecule has 0 aliphatic rings. The first kappa shape index (κ1) is 16.8. The van der Waals surface area contributed by atoms with E-state index < -0.39 is 38.3 Å². The fraction of sp³-hybridized carbons (Fsp3) is 0.250. The highest BCUT2D eigenvalue weighted by Gasteiger charge is 2.36. The van der Waals surface area contributed by atoms with Crippen LogP contribution in [-0.2, 0) is 16.0 Å². The first-order valence-electron chi connectivity index (χ1n) is 5.36. The molecule has 1 aromatic carbocycles. The highest BCUT2D eigenvalue weighted by Crippen LogP contribution is 2.37. The van der Waals surface area contributed by atoms with Crippen molar-refractivity contribution in [3.05, 3.63) is 23.8 Å². The number of carbonyl (C=O) groups excluding carboxylic acids is 1. The molecular weight excluding hydrogens is 311 g/mol. The number of alkyl halides is 3. The maximum atomic E-state index is 12.9. The molecule has 0 fully saturated rings. The molecule has 1 amide bonds. The maximum absolute atomic E-state index is 12.9. The number of sulfone groups is 1. The van der Waals surface area contributed by atoms with Crippen LogP contribution in [0.4, 0.5) is 18.0 Å². The van der Waals surface area contributed by atoms with Gasteiger partial charge in [-0.3, -0.25) is 0 Å². The topological polar surface area (TPSA) is 72.5 Å². The average Bonchev–Trinajstić information content (AvgIpc) is 2.34. The van der Waals surface area contributed by atoms with Crippen molar-refractivity contribution in [3.8, 4) is 18.1 Å². The second-order valence-corrected chi connectivity index (χ2v) is 5.89. The quantitative estimate of drug-likeness (QED) is 0.862. The number of halogens is 3. The lowest BCUT2D eigenvalue weighted by Gasteiger charge is -2.14. The zero-order valence-corrected chi connectivity index (χ0v) is 11.5. The molecule has 5 nitrogen and oxygen atoms in total. The molecule has 0 aromatic heterocycles. The molecule has 0 saturated heterocycles. The lowest BCUT2D eigenvalue weighted by atomic mass is 10.2. The summed E-state index contributed by atoms with van der Waals surface area (Å²) < 4.78 is 65.7. The number of ether oxygens (including phenoxy) is 1. The number of terminal acetylenes is 1. The summed E-state index contributed by atoms with van der Waals surface area (Å²) in [7, 11) is -3.83. The molecule has 21 heavy (non-hydrogen) atoms. The van der Waals surface area contributed by atoms with Gasteiger partial charge in [0.05, 0.1) is 17.0 Å². The fourth-order valence-electron chi connectivity index (χ4n) is 1.31. The molecular formula is C12H10F3NO4S. The van der Waals surface area contributed by atoms with Gasteiger partial charge in [0, 0.05) is 6.26 Å². The second-order valence-electron chi connectivity index (χ2n) is 3.88. The second kappa shape index (κ2) is 6.05.